The number of benzene rings is 2. The summed E-state index contributed by atoms with van der Waals surface area (Å²) in [5, 5.41) is 7.78. The van der Waals surface area contributed by atoms with E-state index in [-0.39, 0.29) is 12.1 Å². The Morgan fingerprint density at radius 2 is 2.04 bits per heavy atom. The quantitative estimate of drug-likeness (QED) is 0.585. The Hall–Kier alpha value is -2.86. The maximum atomic E-state index is 12.2. The summed E-state index contributed by atoms with van der Waals surface area (Å²) in [6, 6.07) is 17.5. The molecule has 1 aromatic heterocycles. The highest BCUT2D eigenvalue weighted by molar-refractivity contribution is 7.07. The molecule has 0 radical (unpaired) electrons. The molecule has 140 valence electrons. The maximum absolute atomic E-state index is 12.2. The third-order valence-electron chi connectivity index (χ3n) is 4.05. The molecule has 1 unspecified atom stereocenters. The van der Waals surface area contributed by atoms with E-state index < -0.39 is 0 Å². The smallest absolute Gasteiger partial charge is 0.319 e. The molecule has 1 atom stereocenters. The summed E-state index contributed by atoms with van der Waals surface area (Å²) < 4.78 is 5.71. The molecule has 2 amide bonds. The normalized spacial score (nSPS) is 11.6. The molecule has 27 heavy (non-hydrogen) atoms. The van der Waals surface area contributed by atoms with Gasteiger partial charge in [0.15, 0.2) is 0 Å². The summed E-state index contributed by atoms with van der Waals surface area (Å²) in [6.07, 6.45) is 1.82. The van der Waals surface area contributed by atoms with Gasteiger partial charge < -0.3 is 15.4 Å². The van der Waals surface area contributed by atoms with E-state index in [1.165, 1.54) is 16.9 Å². The summed E-state index contributed by atoms with van der Waals surface area (Å²) >= 11 is 1.54. The molecule has 0 aliphatic carbocycles. The molecule has 3 rings (SSSR count). The van der Waals surface area contributed by atoms with Gasteiger partial charge in [0, 0.05) is 23.2 Å². The largest absolute Gasteiger partial charge is 0.487 e. The lowest BCUT2D eigenvalue weighted by Gasteiger charge is -2.15. The van der Waals surface area contributed by atoms with Crippen molar-refractivity contribution in [2.24, 2.45) is 0 Å². The van der Waals surface area contributed by atoms with Crippen molar-refractivity contribution < 1.29 is 9.53 Å². The SMILES string of the molecule is CC(CCc1ccccc1)NC(=O)Nc1cccc(OCc2cscn2)c1. The molecule has 2 N–H and O–H groups in total. The first kappa shape index (κ1) is 18.9. The first-order valence-corrected chi connectivity index (χ1v) is 9.85. The highest BCUT2D eigenvalue weighted by Crippen LogP contribution is 2.18. The number of thiazole rings is 1. The molecule has 6 heteroatoms. The lowest BCUT2D eigenvalue weighted by Crippen LogP contribution is -2.36. The molecule has 0 saturated carbocycles. The van der Waals surface area contributed by atoms with Crippen LogP contribution in [0.2, 0.25) is 0 Å². The zero-order valence-corrected chi connectivity index (χ0v) is 16.0. The monoisotopic (exact) mass is 381 g/mol. The van der Waals surface area contributed by atoms with Crippen molar-refractivity contribution in [2.75, 3.05) is 5.32 Å². The van der Waals surface area contributed by atoms with Crippen molar-refractivity contribution in [1.29, 1.82) is 0 Å². The number of nitrogens with one attached hydrogen (secondary N) is 2. The van der Waals surface area contributed by atoms with Crippen LogP contribution in [0.25, 0.3) is 0 Å². The second kappa shape index (κ2) is 9.73. The fraction of sp³-hybridized carbons (Fsp3) is 0.238. The van der Waals surface area contributed by atoms with Crippen LogP contribution in [0.5, 0.6) is 5.75 Å². The number of amides is 2. The van der Waals surface area contributed by atoms with Crippen molar-refractivity contribution in [3.05, 3.63) is 76.7 Å². The fourth-order valence-electron chi connectivity index (χ4n) is 2.62. The molecule has 5 nitrogen and oxygen atoms in total. The van der Waals surface area contributed by atoms with Crippen molar-refractivity contribution >= 4 is 23.1 Å². The topological polar surface area (TPSA) is 63.2 Å². The summed E-state index contributed by atoms with van der Waals surface area (Å²) in [4.78, 5) is 16.4. The second-order valence-corrected chi connectivity index (χ2v) is 7.04. The number of carbonyl (C=O) groups excluding carboxylic acids is 1. The zero-order valence-electron chi connectivity index (χ0n) is 15.2. The average molecular weight is 382 g/mol. The van der Waals surface area contributed by atoms with Crippen molar-refractivity contribution in [1.82, 2.24) is 10.3 Å². The summed E-state index contributed by atoms with van der Waals surface area (Å²) in [5.41, 5.74) is 4.64. The molecule has 1 heterocycles. The highest BCUT2D eigenvalue weighted by atomic mass is 32.1. The first-order chi connectivity index (χ1) is 13.2. The van der Waals surface area contributed by atoms with E-state index in [2.05, 4.69) is 27.8 Å². The number of ether oxygens (including phenoxy) is 1. The van der Waals surface area contributed by atoms with Crippen molar-refractivity contribution in [3.63, 3.8) is 0 Å². The van der Waals surface area contributed by atoms with Crippen LogP contribution in [0.15, 0.2) is 65.5 Å². The fourth-order valence-corrected chi connectivity index (χ4v) is 3.16. The van der Waals surface area contributed by atoms with Gasteiger partial charge >= 0.3 is 6.03 Å². The van der Waals surface area contributed by atoms with Crippen molar-refractivity contribution in [3.8, 4) is 5.75 Å². The summed E-state index contributed by atoms with van der Waals surface area (Å²) in [7, 11) is 0. The van der Waals surface area contributed by atoms with Gasteiger partial charge in [-0.05, 0) is 37.5 Å². The molecule has 2 aromatic carbocycles. The number of anilines is 1. The van der Waals surface area contributed by atoms with E-state index in [1.54, 1.807) is 11.6 Å². The lowest BCUT2D eigenvalue weighted by atomic mass is 10.1. The van der Waals surface area contributed by atoms with Gasteiger partial charge in [-0.25, -0.2) is 9.78 Å². The van der Waals surface area contributed by atoms with E-state index >= 15 is 0 Å². The van der Waals surface area contributed by atoms with Gasteiger partial charge in [0.2, 0.25) is 0 Å². The maximum Gasteiger partial charge on any atom is 0.319 e. The van der Waals surface area contributed by atoms with Crippen LogP contribution < -0.4 is 15.4 Å². The first-order valence-electron chi connectivity index (χ1n) is 8.90. The number of urea groups is 1. The van der Waals surface area contributed by atoms with Crippen LogP contribution in [-0.2, 0) is 13.0 Å². The third-order valence-corrected chi connectivity index (χ3v) is 4.68. The number of aryl methyl sites for hydroxylation is 1. The Morgan fingerprint density at radius 3 is 2.81 bits per heavy atom. The zero-order chi connectivity index (χ0) is 18.9. The van der Waals surface area contributed by atoms with Gasteiger partial charge in [0.25, 0.3) is 0 Å². The minimum absolute atomic E-state index is 0.0781. The molecule has 0 spiro atoms. The standard InChI is InChI=1S/C21H23N3O2S/c1-16(10-11-17-6-3-2-4-7-17)23-21(25)24-18-8-5-9-20(12-18)26-13-19-14-27-15-22-19/h2-9,12,14-16H,10-11,13H2,1H3,(H2,23,24,25). The summed E-state index contributed by atoms with van der Waals surface area (Å²) in [5.74, 6) is 0.693. The molecule has 3 aromatic rings. The second-order valence-electron chi connectivity index (χ2n) is 6.32. The minimum atomic E-state index is -0.216. The molecule has 0 aliphatic rings. The lowest BCUT2D eigenvalue weighted by molar-refractivity contribution is 0.248. The molecular weight excluding hydrogens is 358 g/mol. The Labute approximate surface area is 163 Å². The van der Waals surface area contributed by atoms with Crippen LogP contribution in [0, 0.1) is 0 Å². The van der Waals surface area contributed by atoms with Gasteiger partial charge in [-0.1, -0.05) is 36.4 Å². The van der Waals surface area contributed by atoms with Crippen LogP contribution in [0.4, 0.5) is 10.5 Å². The molecule has 0 saturated heterocycles. The van der Waals surface area contributed by atoms with Crippen LogP contribution >= 0.6 is 11.3 Å². The number of nitrogens with zero attached hydrogens (tertiary/aromatic N) is 1. The Kier molecular flexibility index (Phi) is 6.82. The van der Waals surface area contributed by atoms with E-state index in [0.717, 1.165) is 18.5 Å². The minimum Gasteiger partial charge on any atom is -0.487 e. The van der Waals surface area contributed by atoms with Gasteiger partial charge in [-0.15, -0.1) is 11.3 Å². The van der Waals surface area contributed by atoms with Crippen LogP contribution in [-0.4, -0.2) is 17.1 Å². The molecule has 0 aliphatic heterocycles. The van der Waals surface area contributed by atoms with Gasteiger partial charge in [-0.3, -0.25) is 0 Å². The molecule has 0 fully saturated rings. The summed E-state index contributed by atoms with van der Waals surface area (Å²) in [6.45, 7) is 2.42. The number of hydrogen-bond donors (Lipinski definition) is 2. The number of rotatable bonds is 8. The van der Waals surface area contributed by atoms with Gasteiger partial charge in [-0.2, -0.15) is 0 Å². The Bertz CT molecular complexity index is 838. The third kappa shape index (κ3) is 6.42. The predicted octanol–water partition coefficient (Wildman–Crippen LogP) is 4.86. The van der Waals surface area contributed by atoms with E-state index in [0.29, 0.717) is 18.0 Å². The Balaban J connectivity index is 1.45. The average Bonchev–Trinajstić information content (AvgIpc) is 3.19. The van der Waals surface area contributed by atoms with E-state index in [9.17, 15) is 4.79 Å². The van der Waals surface area contributed by atoms with Crippen molar-refractivity contribution in [2.45, 2.75) is 32.4 Å². The van der Waals surface area contributed by atoms with Crippen LogP contribution in [0.1, 0.15) is 24.6 Å². The van der Waals surface area contributed by atoms with E-state index in [4.69, 9.17) is 4.74 Å². The van der Waals surface area contributed by atoms with E-state index in [1.807, 2.05) is 48.7 Å². The molecule has 0 bridgehead atoms. The number of carbonyl (C=O) groups is 1. The Morgan fingerprint density at radius 1 is 1.19 bits per heavy atom. The van der Waals surface area contributed by atoms with Crippen LogP contribution in [0.3, 0.4) is 0 Å². The van der Waals surface area contributed by atoms with Gasteiger partial charge in [0.1, 0.15) is 12.4 Å². The predicted molar refractivity (Wildman–Crippen MR) is 109 cm³/mol. The number of aromatic nitrogens is 1. The molecular formula is C21H23N3O2S. The number of hydrogen-bond acceptors (Lipinski definition) is 4. The highest BCUT2D eigenvalue weighted by Gasteiger charge is 2.08. The van der Waals surface area contributed by atoms with Gasteiger partial charge in [0.05, 0.1) is 11.2 Å².